The maximum absolute atomic E-state index is 12.3. The Morgan fingerprint density at radius 3 is 2.76 bits per heavy atom. The van der Waals surface area contributed by atoms with Gasteiger partial charge in [-0.2, -0.15) is 0 Å². The fourth-order valence-electron chi connectivity index (χ4n) is 4.59. The molecule has 4 rings (SSSR count). The minimum absolute atomic E-state index is 0.0597. The van der Waals surface area contributed by atoms with E-state index < -0.39 is 13.0 Å². The van der Waals surface area contributed by atoms with Crippen molar-refractivity contribution in [2.45, 2.75) is 70.8 Å². The summed E-state index contributed by atoms with van der Waals surface area (Å²) in [6.07, 6.45) is 4.80. The number of carbonyl (C=O) groups excluding carboxylic acids is 1. The van der Waals surface area contributed by atoms with Crippen molar-refractivity contribution in [3.63, 3.8) is 0 Å². The summed E-state index contributed by atoms with van der Waals surface area (Å²) in [7, 11) is 0. The lowest BCUT2D eigenvalue weighted by Gasteiger charge is -2.30. The molecule has 1 amide bonds. The second kappa shape index (κ2) is 11.3. The van der Waals surface area contributed by atoms with Crippen LogP contribution in [0.5, 0.6) is 5.19 Å². The summed E-state index contributed by atoms with van der Waals surface area (Å²) in [6, 6.07) is 0.222. The Bertz CT molecular complexity index is 888. The Kier molecular flexibility index (Phi) is 8.24. The van der Waals surface area contributed by atoms with E-state index in [4.69, 9.17) is 9.15 Å². The van der Waals surface area contributed by atoms with E-state index in [9.17, 15) is 13.6 Å². The van der Waals surface area contributed by atoms with Crippen molar-refractivity contribution in [2.24, 2.45) is 5.92 Å². The van der Waals surface area contributed by atoms with Gasteiger partial charge in [-0.25, -0.2) is 13.8 Å². The number of nitrogens with zero attached hydrogens (tertiary/aromatic N) is 4. The van der Waals surface area contributed by atoms with E-state index in [1.54, 1.807) is 6.92 Å². The highest BCUT2D eigenvalue weighted by Gasteiger charge is 2.25. The smallest absolute Gasteiger partial charge is 0.273 e. The Morgan fingerprint density at radius 1 is 1.24 bits per heavy atom. The number of amides is 1. The van der Waals surface area contributed by atoms with E-state index in [1.165, 1.54) is 11.3 Å². The Labute approximate surface area is 196 Å². The van der Waals surface area contributed by atoms with E-state index in [2.05, 4.69) is 25.4 Å². The van der Waals surface area contributed by atoms with Gasteiger partial charge in [0.1, 0.15) is 6.42 Å². The van der Waals surface area contributed by atoms with Crippen LogP contribution in [0.1, 0.15) is 54.5 Å². The Hall–Kier alpha value is -2.14. The molecule has 1 aliphatic heterocycles. The van der Waals surface area contributed by atoms with Crippen molar-refractivity contribution >= 4 is 17.2 Å². The van der Waals surface area contributed by atoms with Gasteiger partial charge in [0, 0.05) is 37.4 Å². The molecule has 0 unspecified atom stereocenters. The SMILES string of the molecule is Cc1nnc(CC(=O)N[C@H]2CC[C@H](CCN3CCc4nc(OCC(F)F)sc4CC3)CC2)o1. The highest BCUT2D eigenvalue weighted by Crippen LogP contribution is 2.30. The molecule has 1 saturated carbocycles. The number of hydrogen-bond donors (Lipinski definition) is 1. The van der Waals surface area contributed by atoms with E-state index in [-0.39, 0.29) is 18.4 Å². The zero-order valence-corrected chi connectivity index (χ0v) is 19.7. The first-order valence-corrected chi connectivity index (χ1v) is 12.5. The van der Waals surface area contributed by atoms with Crippen LogP contribution in [0.3, 0.4) is 0 Å². The van der Waals surface area contributed by atoms with Crippen LogP contribution in [-0.2, 0) is 24.1 Å². The first kappa shape index (κ1) is 24.0. The maximum Gasteiger partial charge on any atom is 0.273 e. The number of halogens is 2. The molecular weight excluding hydrogens is 452 g/mol. The monoisotopic (exact) mass is 483 g/mol. The number of carbonyl (C=O) groups is 1. The van der Waals surface area contributed by atoms with Crippen molar-refractivity contribution in [1.29, 1.82) is 0 Å². The fourth-order valence-corrected chi connectivity index (χ4v) is 5.54. The molecule has 2 aromatic rings. The number of thiazole rings is 1. The number of hydrogen-bond acceptors (Lipinski definition) is 8. The van der Waals surface area contributed by atoms with Gasteiger partial charge in [0.05, 0.1) is 5.69 Å². The molecule has 0 bridgehead atoms. The number of nitrogens with one attached hydrogen (secondary N) is 1. The number of ether oxygens (including phenoxy) is 1. The van der Waals surface area contributed by atoms with Gasteiger partial charge in [-0.05, 0) is 51.0 Å². The lowest BCUT2D eigenvalue weighted by molar-refractivity contribution is -0.121. The van der Waals surface area contributed by atoms with Crippen LogP contribution < -0.4 is 10.1 Å². The van der Waals surface area contributed by atoms with Crippen molar-refractivity contribution in [3.05, 3.63) is 22.4 Å². The van der Waals surface area contributed by atoms with Crippen LogP contribution in [0.2, 0.25) is 0 Å². The van der Waals surface area contributed by atoms with E-state index in [1.807, 2.05) is 0 Å². The largest absolute Gasteiger partial charge is 0.464 e. The van der Waals surface area contributed by atoms with Crippen molar-refractivity contribution < 1.29 is 22.7 Å². The second-order valence-electron chi connectivity index (χ2n) is 8.86. The third kappa shape index (κ3) is 7.17. The van der Waals surface area contributed by atoms with Gasteiger partial charge < -0.3 is 19.4 Å². The zero-order valence-electron chi connectivity index (χ0n) is 18.9. The van der Waals surface area contributed by atoms with Crippen molar-refractivity contribution in [3.8, 4) is 5.19 Å². The summed E-state index contributed by atoms with van der Waals surface area (Å²) in [6.45, 7) is 4.07. The molecule has 0 radical (unpaired) electrons. The third-order valence-electron chi connectivity index (χ3n) is 6.36. The summed E-state index contributed by atoms with van der Waals surface area (Å²) in [5.74, 6) is 1.45. The van der Waals surface area contributed by atoms with Crippen molar-refractivity contribution in [1.82, 2.24) is 25.4 Å². The number of rotatable bonds is 9. The van der Waals surface area contributed by atoms with E-state index in [0.717, 1.165) is 75.2 Å². The van der Waals surface area contributed by atoms with Gasteiger partial charge in [0.25, 0.3) is 11.6 Å². The quantitative estimate of drug-likeness (QED) is 0.586. The van der Waals surface area contributed by atoms with Crippen molar-refractivity contribution in [2.75, 3.05) is 26.2 Å². The van der Waals surface area contributed by atoms with Crippen LogP contribution in [0.4, 0.5) is 8.78 Å². The molecule has 2 aromatic heterocycles. The fraction of sp³-hybridized carbons (Fsp3) is 0.727. The average molecular weight is 484 g/mol. The topological polar surface area (TPSA) is 93.4 Å². The highest BCUT2D eigenvalue weighted by molar-refractivity contribution is 7.13. The highest BCUT2D eigenvalue weighted by atomic mass is 32.1. The number of aryl methyl sites for hydroxylation is 1. The van der Waals surface area contributed by atoms with Crippen LogP contribution >= 0.6 is 11.3 Å². The zero-order chi connectivity index (χ0) is 23.2. The molecule has 0 saturated heterocycles. The molecule has 1 fully saturated rings. The molecule has 0 spiro atoms. The molecule has 2 aliphatic rings. The Balaban J connectivity index is 1.13. The van der Waals surface area contributed by atoms with E-state index >= 15 is 0 Å². The summed E-state index contributed by atoms with van der Waals surface area (Å²) < 4.78 is 35.0. The lowest BCUT2D eigenvalue weighted by Crippen LogP contribution is -2.39. The van der Waals surface area contributed by atoms with Crippen LogP contribution in [0.15, 0.2) is 4.42 Å². The van der Waals surface area contributed by atoms with E-state index in [0.29, 0.717) is 22.9 Å². The summed E-state index contributed by atoms with van der Waals surface area (Å²) in [5.41, 5.74) is 0.999. The molecule has 1 aliphatic carbocycles. The first-order chi connectivity index (χ1) is 15.9. The second-order valence-corrected chi connectivity index (χ2v) is 9.90. The number of fused-ring (bicyclic) bond motifs is 1. The minimum Gasteiger partial charge on any atom is -0.464 e. The molecule has 33 heavy (non-hydrogen) atoms. The third-order valence-corrected chi connectivity index (χ3v) is 7.43. The predicted molar refractivity (Wildman–Crippen MR) is 119 cm³/mol. The molecular formula is C22H31F2N5O3S. The molecule has 0 atom stereocenters. The molecule has 3 heterocycles. The first-order valence-electron chi connectivity index (χ1n) is 11.6. The van der Waals surface area contributed by atoms with Gasteiger partial charge in [-0.1, -0.05) is 11.3 Å². The Morgan fingerprint density at radius 2 is 2.03 bits per heavy atom. The molecule has 11 heteroatoms. The normalized spacial score (nSPS) is 21.6. The van der Waals surface area contributed by atoms with Crippen LogP contribution in [0, 0.1) is 12.8 Å². The summed E-state index contributed by atoms with van der Waals surface area (Å²) in [4.78, 5) is 20.3. The maximum atomic E-state index is 12.3. The number of alkyl halides is 2. The van der Waals surface area contributed by atoms with Gasteiger partial charge in [0.2, 0.25) is 17.7 Å². The molecule has 0 aromatic carbocycles. The van der Waals surface area contributed by atoms with Crippen LogP contribution in [0.25, 0.3) is 0 Å². The molecule has 1 N–H and O–H groups in total. The summed E-state index contributed by atoms with van der Waals surface area (Å²) >= 11 is 1.40. The molecule has 182 valence electrons. The van der Waals surface area contributed by atoms with Crippen LogP contribution in [-0.4, -0.2) is 64.7 Å². The lowest BCUT2D eigenvalue weighted by atomic mass is 9.84. The summed E-state index contributed by atoms with van der Waals surface area (Å²) in [5, 5.41) is 11.1. The standard InChI is InChI=1S/C22H31F2N5O3S/c1-14-27-28-21(32-14)12-20(30)25-16-4-2-15(3-5-16)6-9-29-10-7-17-18(8-11-29)33-22(26-17)31-13-19(23)24/h15-16,19H,2-13H2,1H3,(H,25,30)/t15-,16-. The average Bonchev–Trinajstić information content (AvgIpc) is 3.32. The van der Waals surface area contributed by atoms with Gasteiger partial charge in [-0.3, -0.25) is 4.79 Å². The predicted octanol–water partition coefficient (Wildman–Crippen LogP) is 3.19. The minimum atomic E-state index is -2.48. The number of aromatic nitrogens is 3. The molecule has 8 nitrogen and oxygen atoms in total. The van der Waals surface area contributed by atoms with Gasteiger partial charge in [-0.15, -0.1) is 10.2 Å². The van der Waals surface area contributed by atoms with Gasteiger partial charge in [0.15, 0.2) is 6.61 Å². The van der Waals surface area contributed by atoms with Gasteiger partial charge >= 0.3 is 0 Å².